The molecular formula is C24H32N3O4+. The van der Waals surface area contributed by atoms with Crippen molar-refractivity contribution in [3.63, 3.8) is 0 Å². The van der Waals surface area contributed by atoms with E-state index in [-0.39, 0.29) is 11.8 Å². The summed E-state index contributed by atoms with van der Waals surface area (Å²) in [4.78, 5) is 30.2. The maximum atomic E-state index is 12.8. The predicted molar refractivity (Wildman–Crippen MR) is 119 cm³/mol. The van der Waals surface area contributed by atoms with Gasteiger partial charge in [0.15, 0.2) is 18.0 Å². The van der Waals surface area contributed by atoms with Crippen molar-refractivity contribution in [2.75, 3.05) is 54.0 Å². The average Bonchev–Trinajstić information content (AvgIpc) is 2.80. The van der Waals surface area contributed by atoms with Crippen LogP contribution in [-0.4, -0.2) is 75.6 Å². The smallest absolute Gasteiger partial charge is 0.277 e. The predicted octanol–water partition coefficient (Wildman–Crippen LogP) is 1.01. The molecule has 1 aliphatic heterocycles. The van der Waals surface area contributed by atoms with E-state index in [4.69, 9.17) is 9.47 Å². The molecule has 166 valence electrons. The zero-order valence-electron chi connectivity index (χ0n) is 18.8. The Morgan fingerprint density at radius 2 is 1.65 bits per heavy atom. The lowest BCUT2D eigenvalue weighted by Crippen LogP contribution is -3.15. The molecule has 0 radical (unpaired) electrons. The van der Waals surface area contributed by atoms with Gasteiger partial charge in [-0.1, -0.05) is 18.2 Å². The molecule has 1 heterocycles. The number of ether oxygens (including phenoxy) is 2. The van der Waals surface area contributed by atoms with Crippen LogP contribution in [0.4, 0.5) is 0 Å². The van der Waals surface area contributed by atoms with Crippen LogP contribution in [0.1, 0.15) is 21.5 Å². The summed E-state index contributed by atoms with van der Waals surface area (Å²) in [5, 5.41) is 0. The molecule has 0 aromatic heterocycles. The topological polar surface area (TPSA) is 63.5 Å². The molecule has 1 aliphatic rings. The molecule has 2 aromatic rings. The number of benzene rings is 2. The van der Waals surface area contributed by atoms with Gasteiger partial charge in [0.05, 0.1) is 40.4 Å². The molecule has 2 amide bonds. The summed E-state index contributed by atoms with van der Waals surface area (Å²) in [7, 11) is 5.05. The van der Waals surface area contributed by atoms with Gasteiger partial charge in [-0.15, -0.1) is 0 Å². The summed E-state index contributed by atoms with van der Waals surface area (Å²) in [5.41, 5.74) is 2.80. The van der Waals surface area contributed by atoms with Crippen molar-refractivity contribution in [3.05, 3.63) is 59.2 Å². The van der Waals surface area contributed by atoms with E-state index in [1.54, 1.807) is 19.1 Å². The first-order chi connectivity index (χ1) is 14.9. The number of nitrogens with one attached hydrogen (secondary N) is 1. The molecule has 1 N–H and O–H groups in total. The van der Waals surface area contributed by atoms with E-state index >= 15 is 0 Å². The highest BCUT2D eigenvalue weighted by Gasteiger charge is 2.27. The molecule has 1 saturated heterocycles. The van der Waals surface area contributed by atoms with Crippen molar-refractivity contribution in [1.29, 1.82) is 0 Å². The van der Waals surface area contributed by atoms with Gasteiger partial charge < -0.3 is 24.2 Å². The van der Waals surface area contributed by atoms with E-state index in [0.29, 0.717) is 43.2 Å². The first kappa shape index (κ1) is 22.6. The number of methoxy groups -OCH3 is 2. The maximum Gasteiger partial charge on any atom is 0.277 e. The Balaban J connectivity index is 1.52. The fourth-order valence-corrected chi connectivity index (χ4v) is 3.85. The van der Waals surface area contributed by atoms with E-state index < -0.39 is 0 Å². The number of amides is 2. The van der Waals surface area contributed by atoms with Gasteiger partial charge >= 0.3 is 0 Å². The zero-order valence-corrected chi connectivity index (χ0v) is 18.8. The highest BCUT2D eigenvalue weighted by atomic mass is 16.5. The van der Waals surface area contributed by atoms with Crippen LogP contribution >= 0.6 is 0 Å². The Labute approximate surface area is 184 Å². The van der Waals surface area contributed by atoms with Gasteiger partial charge in [-0.3, -0.25) is 9.59 Å². The van der Waals surface area contributed by atoms with Gasteiger partial charge in [0.1, 0.15) is 0 Å². The fraction of sp³-hybridized carbons (Fsp3) is 0.417. The van der Waals surface area contributed by atoms with Gasteiger partial charge in [0.25, 0.3) is 11.8 Å². The number of likely N-dealkylation sites (N-methyl/N-ethyl adjacent to an activating group) is 1. The Hall–Kier alpha value is -3.06. The van der Waals surface area contributed by atoms with Crippen LogP contribution in [-0.2, 0) is 11.3 Å². The standard InChI is InChI=1S/C24H31N3O4/c1-18-14-21(30-3)22(31-4)15-20(18)16-25(2)23(28)17-26-10-12-27(13-11-26)24(29)19-8-6-5-7-9-19/h5-9,14-15H,10-13,16-17H2,1-4H3/p+1. The molecule has 7 heteroatoms. The Kier molecular flexibility index (Phi) is 7.52. The van der Waals surface area contributed by atoms with Gasteiger partial charge in [-0.05, 0) is 42.3 Å². The highest BCUT2D eigenvalue weighted by molar-refractivity contribution is 5.94. The lowest BCUT2D eigenvalue weighted by atomic mass is 10.1. The van der Waals surface area contributed by atoms with Crippen LogP contribution in [0.15, 0.2) is 42.5 Å². The second kappa shape index (κ2) is 10.3. The van der Waals surface area contributed by atoms with E-state index in [2.05, 4.69) is 0 Å². The number of rotatable bonds is 7. The Morgan fingerprint density at radius 1 is 1.03 bits per heavy atom. The second-order valence-electron chi connectivity index (χ2n) is 7.97. The van der Waals surface area contributed by atoms with E-state index in [1.165, 1.54) is 4.90 Å². The monoisotopic (exact) mass is 426 g/mol. The second-order valence-corrected chi connectivity index (χ2v) is 7.97. The Bertz CT molecular complexity index is 909. The van der Waals surface area contributed by atoms with Crippen LogP contribution in [0.25, 0.3) is 0 Å². The largest absolute Gasteiger partial charge is 0.493 e. The molecule has 2 aromatic carbocycles. The van der Waals surface area contributed by atoms with Gasteiger partial charge in [-0.25, -0.2) is 0 Å². The van der Waals surface area contributed by atoms with Crippen molar-refractivity contribution in [1.82, 2.24) is 9.80 Å². The minimum absolute atomic E-state index is 0.0621. The lowest BCUT2D eigenvalue weighted by molar-refractivity contribution is -0.896. The molecule has 0 bridgehead atoms. The minimum Gasteiger partial charge on any atom is -0.493 e. The highest BCUT2D eigenvalue weighted by Crippen LogP contribution is 2.30. The summed E-state index contributed by atoms with van der Waals surface area (Å²) in [6, 6.07) is 13.2. The average molecular weight is 427 g/mol. The van der Waals surface area contributed by atoms with Crippen LogP contribution in [0.5, 0.6) is 11.5 Å². The third-order valence-corrected chi connectivity index (χ3v) is 5.86. The number of piperazine rings is 1. The molecule has 1 fully saturated rings. The van der Waals surface area contributed by atoms with Crippen molar-refractivity contribution >= 4 is 11.8 Å². The van der Waals surface area contributed by atoms with Crippen LogP contribution in [0, 0.1) is 6.92 Å². The molecule has 0 unspecified atom stereocenters. The molecular weight excluding hydrogens is 394 g/mol. The molecule has 3 rings (SSSR count). The molecule has 0 saturated carbocycles. The van der Waals surface area contributed by atoms with Gasteiger partial charge in [-0.2, -0.15) is 0 Å². The summed E-state index contributed by atoms with van der Waals surface area (Å²) in [5.74, 6) is 1.50. The van der Waals surface area contributed by atoms with Crippen molar-refractivity contribution in [2.24, 2.45) is 0 Å². The number of carbonyl (C=O) groups is 2. The van der Waals surface area contributed by atoms with E-state index in [1.807, 2.05) is 61.3 Å². The van der Waals surface area contributed by atoms with Gasteiger partial charge in [0, 0.05) is 19.2 Å². The first-order valence-electron chi connectivity index (χ1n) is 10.6. The summed E-state index contributed by atoms with van der Waals surface area (Å²) in [6.07, 6.45) is 0. The summed E-state index contributed by atoms with van der Waals surface area (Å²) < 4.78 is 10.7. The maximum absolute atomic E-state index is 12.8. The van der Waals surface area contributed by atoms with Crippen LogP contribution < -0.4 is 14.4 Å². The molecule has 0 spiro atoms. The number of nitrogens with zero attached hydrogens (tertiary/aromatic N) is 2. The van der Waals surface area contributed by atoms with Crippen LogP contribution in [0.2, 0.25) is 0 Å². The minimum atomic E-state index is 0.0621. The molecule has 31 heavy (non-hydrogen) atoms. The third kappa shape index (κ3) is 5.55. The molecule has 7 nitrogen and oxygen atoms in total. The number of quaternary nitrogens is 1. The quantitative estimate of drug-likeness (QED) is 0.718. The molecule has 0 atom stereocenters. The Morgan fingerprint density at radius 3 is 2.26 bits per heavy atom. The molecule has 0 aliphatic carbocycles. The van der Waals surface area contributed by atoms with Crippen molar-refractivity contribution < 1.29 is 24.0 Å². The van der Waals surface area contributed by atoms with E-state index in [0.717, 1.165) is 24.2 Å². The summed E-state index contributed by atoms with van der Waals surface area (Å²) >= 11 is 0. The fourth-order valence-electron chi connectivity index (χ4n) is 3.85. The summed E-state index contributed by atoms with van der Waals surface area (Å²) in [6.45, 7) is 5.81. The van der Waals surface area contributed by atoms with E-state index in [9.17, 15) is 9.59 Å². The zero-order chi connectivity index (χ0) is 22.4. The lowest BCUT2D eigenvalue weighted by Gasteiger charge is -2.32. The normalized spacial score (nSPS) is 14.3. The number of aryl methyl sites for hydroxylation is 1. The number of carbonyl (C=O) groups excluding carboxylic acids is 2. The number of hydrogen-bond donors (Lipinski definition) is 1. The van der Waals surface area contributed by atoms with Crippen molar-refractivity contribution in [2.45, 2.75) is 13.5 Å². The number of hydrogen-bond acceptors (Lipinski definition) is 4. The van der Waals surface area contributed by atoms with Gasteiger partial charge in [0.2, 0.25) is 0 Å². The third-order valence-electron chi connectivity index (χ3n) is 5.86. The first-order valence-corrected chi connectivity index (χ1v) is 10.6. The SMILES string of the molecule is COc1cc(C)c(CN(C)C(=O)C[NH+]2CCN(C(=O)c3ccccc3)CC2)cc1OC. The van der Waals surface area contributed by atoms with Crippen molar-refractivity contribution in [3.8, 4) is 11.5 Å². The van der Waals surface area contributed by atoms with Crippen LogP contribution in [0.3, 0.4) is 0 Å².